The zero-order valence-corrected chi connectivity index (χ0v) is 9.19. The zero-order chi connectivity index (χ0) is 8.53. The summed E-state index contributed by atoms with van der Waals surface area (Å²) in [6.07, 6.45) is 3.77. The Kier molecular flexibility index (Phi) is 8.88. The van der Waals surface area contributed by atoms with Crippen molar-refractivity contribution in [2.75, 3.05) is 11.5 Å². The van der Waals surface area contributed by atoms with Crippen LogP contribution in [0.2, 0.25) is 0 Å². The van der Waals surface area contributed by atoms with Crippen LogP contribution in [0.15, 0.2) is 12.2 Å². The van der Waals surface area contributed by atoms with Crippen molar-refractivity contribution in [3.05, 3.63) is 12.2 Å². The summed E-state index contributed by atoms with van der Waals surface area (Å²) < 4.78 is 0. The van der Waals surface area contributed by atoms with Crippen molar-refractivity contribution in [3.8, 4) is 0 Å². The molecule has 0 spiro atoms. The van der Waals surface area contributed by atoms with Gasteiger partial charge in [0.15, 0.2) is 0 Å². The highest BCUT2D eigenvalue weighted by Crippen LogP contribution is 2.23. The molecule has 0 aliphatic heterocycles. The SMILES string of the molecule is C=C(C)CCCSSCCC. The first kappa shape index (κ1) is 11.4. The smallest absolute Gasteiger partial charge is 0.00399 e. The van der Waals surface area contributed by atoms with Gasteiger partial charge in [-0.3, -0.25) is 0 Å². The van der Waals surface area contributed by atoms with E-state index in [0.717, 1.165) is 0 Å². The Morgan fingerprint density at radius 1 is 1.27 bits per heavy atom. The highest BCUT2D eigenvalue weighted by Gasteiger charge is 1.90. The van der Waals surface area contributed by atoms with Gasteiger partial charge in [0.2, 0.25) is 0 Å². The molecule has 0 atom stereocenters. The van der Waals surface area contributed by atoms with Crippen molar-refractivity contribution >= 4 is 21.6 Å². The third-order valence-corrected chi connectivity index (χ3v) is 3.90. The van der Waals surface area contributed by atoms with E-state index in [2.05, 4.69) is 20.4 Å². The number of rotatable bonds is 7. The molecule has 0 heterocycles. The van der Waals surface area contributed by atoms with E-state index in [9.17, 15) is 0 Å². The molecule has 0 bridgehead atoms. The molecule has 0 aliphatic carbocycles. The number of hydrogen-bond acceptors (Lipinski definition) is 2. The Morgan fingerprint density at radius 2 is 1.91 bits per heavy atom. The van der Waals surface area contributed by atoms with Crippen LogP contribution >= 0.6 is 21.6 Å². The summed E-state index contributed by atoms with van der Waals surface area (Å²) in [6.45, 7) is 8.20. The topological polar surface area (TPSA) is 0 Å². The predicted octanol–water partition coefficient (Wildman–Crippen LogP) is 4.13. The van der Waals surface area contributed by atoms with Crippen LogP contribution in [0.3, 0.4) is 0 Å². The summed E-state index contributed by atoms with van der Waals surface area (Å²) in [5, 5.41) is 0. The summed E-state index contributed by atoms with van der Waals surface area (Å²) in [7, 11) is 3.99. The predicted molar refractivity (Wildman–Crippen MR) is 59.3 cm³/mol. The van der Waals surface area contributed by atoms with Crippen LogP contribution in [0.4, 0.5) is 0 Å². The molecule has 0 amide bonds. The lowest BCUT2D eigenvalue weighted by Gasteiger charge is -1.99. The van der Waals surface area contributed by atoms with Gasteiger partial charge in [-0.2, -0.15) is 0 Å². The molecule has 0 fully saturated rings. The maximum atomic E-state index is 3.87. The van der Waals surface area contributed by atoms with E-state index < -0.39 is 0 Å². The van der Waals surface area contributed by atoms with Gasteiger partial charge in [0.1, 0.15) is 0 Å². The fourth-order valence-electron chi connectivity index (χ4n) is 0.634. The molecule has 0 aliphatic rings. The average Bonchev–Trinajstić information content (AvgIpc) is 1.96. The molecule has 0 aromatic rings. The Balaban J connectivity index is 2.85. The van der Waals surface area contributed by atoms with Crippen molar-refractivity contribution in [3.63, 3.8) is 0 Å². The molecular formula is C9H18S2. The molecule has 0 aromatic carbocycles. The highest BCUT2D eigenvalue weighted by molar-refractivity contribution is 8.76. The minimum Gasteiger partial charge on any atom is -0.100 e. The third-order valence-electron chi connectivity index (χ3n) is 1.20. The Labute approximate surface area is 78.6 Å². The molecule has 66 valence electrons. The largest absolute Gasteiger partial charge is 0.100 e. The summed E-state index contributed by atoms with van der Waals surface area (Å²) >= 11 is 0. The monoisotopic (exact) mass is 190 g/mol. The summed E-state index contributed by atoms with van der Waals surface area (Å²) in [5.74, 6) is 2.56. The van der Waals surface area contributed by atoms with Crippen molar-refractivity contribution in [2.45, 2.75) is 33.1 Å². The van der Waals surface area contributed by atoms with Gasteiger partial charge < -0.3 is 0 Å². The van der Waals surface area contributed by atoms with Crippen LogP contribution in [0.1, 0.15) is 33.1 Å². The van der Waals surface area contributed by atoms with Crippen molar-refractivity contribution < 1.29 is 0 Å². The van der Waals surface area contributed by atoms with Crippen LogP contribution in [-0.4, -0.2) is 11.5 Å². The summed E-state index contributed by atoms with van der Waals surface area (Å²) in [5.41, 5.74) is 1.31. The van der Waals surface area contributed by atoms with Crippen LogP contribution in [-0.2, 0) is 0 Å². The molecule has 0 rings (SSSR count). The number of allylic oxidation sites excluding steroid dienone is 1. The second kappa shape index (κ2) is 8.54. The first-order valence-electron chi connectivity index (χ1n) is 4.16. The van der Waals surface area contributed by atoms with Crippen molar-refractivity contribution in [1.82, 2.24) is 0 Å². The lowest BCUT2D eigenvalue weighted by molar-refractivity contribution is 0.922. The highest BCUT2D eigenvalue weighted by atomic mass is 33.1. The fraction of sp³-hybridized carbons (Fsp3) is 0.778. The Hall–Kier alpha value is 0.440. The normalized spacial score (nSPS) is 10.0. The first-order valence-corrected chi connectivity index (χ1v) is 6.65. The first-order chi connectivity index (χ1) is 5.27. The van der Waals surface area contributed by atoms with E-state index in [0.29, 0.717) is 0 Å². The second-order valence-electron chi connectivity index (χ2n) is 2.70. The second-order valence-corrected chi connectivity index (χ2v) is 5.41. The van der Waals surface area contributed by atoms with Gasteiger partial charge in [-0.05, 0) is 26.2 Å². The molecule has 0 saturated heterocycles. The Bertz CT molecular complexity index is 99.7. The van der Waals surface area contributed by atoms with Gasteiger partial charge in [-0.1, -0.05) is 34.1 Å². The number of hydrogen-bond donors (Lipinski definition) is 0. The summed E-state index contributed by atoms with van der Waals surface area (Å²) in [4.78, 5) is 0. The minimum atomic E-state index is 1.19. The molecule has 0 unspecified atom stereocenters. The van der Waals surface area contributed by atoms with Crippen LogP contribution in [0.5, 0.6) is 0 Å². The maximum Gasteiger partial charge on any atom is 0.00399 e. The van der Waals surface area contributed by atoms with Gasteiger partial charge in [-0.15, -0.1) is 6.58 Å². The quantitative estimate of drug-likeness (QED) is 0.336. The lowest BCUT2D eigenvalue weighted by atomic mass is 10.2. The van der Waals surface area contributed by atoms with Crippen LogP contribution in [0.25, 0.3) is 0 Å². The van der Waals surface area contributed by atoms with Crippen molar-refractivity contribution in [2.24, 2.45) is 0 Å². The molecule has 0 radical (unpaired) electrons. The molecule has 2 heteroatoms. The van der Waals surface area contributed by atoms with E-state index in [4.69, 9.17) is 0 Å². The van der Waals surface area contributed by atoms with E-state index in [-0.39, 0.29) is 0 Å². The third kappa shape index (κ3) is 10.4. The van der Waals surface area contributed by atoms with Crippen molar-refractivity contribution in [1.29, 1.82) is 0 Å². The average molecular weight is 190 g/mol. The zero-order valence-electron chi connectivity index (χ0n) is 7.56. The summed E-state index contributed by atoms with van der Waals surface area (Å²) in [6, 6.07) is 0. The van der Waals surface area contributed by atoms with Gasteiger partial charge in [-0.25, -0.2) is 0 Å². The van der Waals surface area contributed by atoms with Gasteiger partial charge in [0.05, 0.1) is 0 Å². The molecule has 0 aromatic heterocycles. The van der Waals surface area contributed by atoms with Crippen LogP contribution in [0, 0.1) is 0 Å². The Morgan fingerprint density at radius 3 is 2.45 bits per heavy atom. The maximum absolute atomic E-state index is 3.87. The minimum absolute atomic E-state index is 1.19. The molecule has 11 heavy (non-hydrogen) atoms. The van der Waals surface area contributed by atoms with Gasteiger partial charge in [0, 0.05) is 11.5 Å². The van der Waals surface area contributed by atoms with Gasteiger partial charge >= 0.3 is 0 Å². The van der Waals surface area contributed by atoms with Gasteiger partial charge in [0.25, 0.3) is 0 Å². The fourth-order valence-corrected chi connectivity index (χ4v) is 2.86. The van der Waals surface area contributed by atoms with E-state index in [1.54, 1.807) is 0 Å². The molecular weight excluding hydrogens is 172 g/mol. The standard InChI is InChI=1S/C9H18S2/c1-4-7-10-11-8-5-6-9(2)3/h2,4-8H2,1,3H3. The molecule has 0 N–H and O–H groups in total. The molecule has 0 nitrogen and oxygen atoms in total. The van der Waals surface area contributed by atoms with E-state index in [1.165, 1.54) is 36.3 Å². The molecule has 0 saturated carbocycles. The van der Waals surface area contributed by atoms with Crippen LogP contribution < -0.4 is 0 Å². The van der Waals surface area contributed by atoms with E-state index >= 15 is 0 Å². The lowest BCUT2D eigenvalue weighted by Crippen LogP contribution is -1.79. The van der Waals surface area contributed by atoms with E-state index in [1.807, 2.05) is 21.6 Å².